The Morgan fingerprint density at radius 3 is 2.43 bits per heavy atom. The molecule has 0 saturated heterocycles. The molecular weight excluding hydrogens is 336 g/mol. The molecule has 0 saturated carbocycles. The third-order valence-electron chi connectivity index (χ3n) is 3.21. The normalized spacial score (nSPS) is 11.1. The Bertz CT molecular complexity index is 848. The zero-order valence-electron chi connectivity index (χ0n) is 13.0. The Labute approximate surface area is 140 Å². The van der Waals surface area contributed by atoms with Crippen LogP contribution in [0, 0.1) is 0 Å². The lowest BCUT2D eigenvalue weighted by Gasteiger charge is -2.18. The molecule has 0 aliphatic heterocycles. The van der Waals surface area contributed by atoms with E-state index in [2.05, 4.69) is 5.32 Å². The molecule has 122 valence electrons. The van der Waals surface area contributed by atoms with Gasteiger partial charge in [0.25, 0.3) is 5.91 Å². The Morgan fingerprint density at radius 1 is 1.13 bits per heavy atom. The lowest BCUT2D eigenvalue weighted by molar-refractivity contribution is 0.102. The van der Waals surface area contributed by atoms with Gasteiger partial charge in [-0.2, -0.15) is 0 Å². The number of sulfone groups is 1. The fraction of sp³-hybridized carbons (Fsp3) is 0.188. The van der Waals surface area contributed by atoms with E-state index in [0.29, 0.717) is 10.7 Å². The highest BCUT2D eigenvalue weighted by atomic mass is 35.5. The number of benzene rings is 2. The molecule has 0 spiro atoms. The van der Waals surface area contributed by atoms with E-state index >= 15 is 0 Å². The summed E-state index contributed by atoms with van der Waals surface area (Å²) in [6, 6.07) is 11.1. The average Bonchev–Trinajstić information content (AvgIpc) is 2.46. The highest BCUT2D eigenvalue weighted by Gasteiger charge is 2.14. The van der Waals surface area contributed by atoms with Crippen LogP contribution in [0.2, 0.25) is 5.02 Å². The Morgan fingerprint density at radius 2 is 1.83 bits per heavy atom. The molecule has 2 rings (SSSR count). The number of hydrogen-bond acceptors (Lipinski definition) is 4. The quantitative estimate of drug-likeness (QED) is 0.918. The lowest BCUT2D eigenvalue weighted by Crippen LogP contribution is -2.17. The first-order chi connectivity index (χ1) is 10.7. The smallest absolute Gasteiger partial charge is 0.255 e. The van der Waals surface area contributed by atoms with E-state index in [0.717, 1.165) is 11.9 Å². The summed E-state index contributed by atoms with van der Waals surface area (Å²) in [7, 11) is 0.331. The SMILES string of the molecule is CN(C)c1ccc(Cl)cc1NC(=O)c1cccc(S(C)(=O)=O)c1. The standard InChI is InChI=1S/C16H17ClN2O3S/c1-19(2)15-8-7-12(17)10-14(15)18-16(20)11-5-4-6-13(9-11)23(3,21)22/h4-10H,1-3H3,(H,18,20). The third-order valence-corrected chi connectivity index (χ3v) is 4.56. The van der Waals surface area contributed by atoms with Crippen LogP contribution in [0.15, 0.2) is 47.4 Å². The zero-order chi connectivity index (χ0) is 17.2. The maximum Gasteiger partial charge on any atom is 0.255 e. The first-order valence-electron chi connectivity index (χ1n) is 6.77. The molecular formula is C16H17ClN2O3S. The minimum atomic E-state index is -3.37. The van der Waals surface area contributed by atoms with Gasteiger partial charge in [0.2, 0.25) is 0 Å². The molecule has 2 aromatic rings. The molecule has 23 heavy (non-hydrogen) atoms. The monoisotopic (exact) mass is 352 g/mol. The fourth-order valence-electron chi connectivity index (χ4n) is 2.06. The number of nitrogens with zero attached hydrogens (tertiary/aromatic N) is 1. The van der Waals surface area contributed by atoms with Crippen LogP contribution in [0.4, 0.5) is 11.4 Å². The Hall–Kier alpha value is -2.05. The minimum absolute atomic E-state index is 0.101. The number of hydrogen-bond donors (Lipinski definition) is 1. The fourth-order valence-corrected chi connectivity index (χ4v) is 2.90. The van der Waals surface area contributed by atoms with Gasteiger partial charge in [0, 0.05) is 30.9 Å². The summed E-state index contributed by atoms with van der Waals surface area (Å²) in [6.07, 6.45) is 1.10. The van der Waals surface area contributed by atoms with Gasteiger partial charge in [0.15, 0.2) is 9.84 Å². The van der Waals surface area contributed by atoms with Crippen molar-refractivity contribution in [2.24, 2.45) is 0 Å². The molecule has 0 bridgehead atoms. The number of halogens is 1. The predicted octanol–water partition coefficient (Wildman–Crippen LogP) is 3.06. The average molecular weight is 353 g/mol. The van der Waals surface area contributed by atoms with Gasteiger partial charge in [-0.05, 0) is 36.4 Å². The number of amides is 1. The summed E-state index contributed by atoms with van der Waals surface area (Å²) >= 11 is 5.99. The minimum Gasteiger partial charge on any atom is -0.376 e. The van der Waals surface area contributed by atoms with Gasteiger partial charge in [-0.25, -0.2) is 8.42 Å². The van der Waals surface area contributed by atoms with Gasteiger partial charge in [0.1, 0.15) is 0 Å². The van der Waals surface area contributed by atoms with Gasteiger partial charge < -0.3 is 10.2 Å². The number of anilines is 2. The van der Waals surface area contributed by atoms with Gasteiger partial charge in [-0.1, -0.05) is 17.7 Å². The van der Waals surface area contributed by atoms with Crippen molar-refractivity contribution in [1.82, 2.24) is 0 Å². The molecule has 1 amide bonds. The molecule has 0 fully saturated rings. The molecule has 0 aliphatic rings. The van der Waals surface area contributed by atoms with E-state index in [4.69, 9.17) is 11.6 Å². The van der Waals surface area contributed by atoms with Crippen LogP contribution in [-0.4, -0.2) is 34.7 Å². The largest absolute Gasteiger partial charge is 0.376 e. The van der Waals surface area contributed by atoms with Crippen molar-refractivity contribution >= 4 is 38.7 Å². The van der Waals surface area contributed by atoms with Crippen molar-refractivity contribution in [3.63, 3.8) is 0 Å². The van der Waals surface area contributed by atoms with Crippen molar-refractivity contribution in [3.05, 3.63) is 53.1 Å². The molecule has 0 aliphatic carbocycles. The summed E-state index contributed by atoms with van der Waals surface area (Å²) < 4.78 is 23.2. The van der Waals surface area contributed by atoms with Crippen molar-refractivity contribution in [2.75, 3.05) is 30.6 Å². The second-order valence-corrected chi connectivity index (χ2v) is 7.76. The molecule has 0 unspecified atom stereocenters. The number of rotatable bonds is 4. The summed E-state index contributed by atoms with van der Waals surface area (Å²) in [5.74, 6) is -0.402. The summed E-state index contributed by atoms with van der Waals surface area (Å²) in [5.41, 5.74) is 1.61. The van der Waals surface area contributed by atoms with Crippen LogP contribution in [0.1, 0.15) is 10.4 Å². The van der Waals surface area contributed by atoms with Gasteiger partial charge >= 0.3 is 0 Å². The van der Waals surface area contributed by atoms with Crippen LogP contribution >= 0.6 is 11.6 Å². The molecule has 0 radical (unpaired) electrons. The Kier molecular flexibility index (Phi) is 4.97. The Balaban J connectivity index is 2.35. The summed E-state index contributed by atoms with van der Waals surface area (Å²) in [4.78, 5) is 14.4. The van der Waals surface area contributed by atoms with E-state index < -0.39 is 15.7 Å². The van der Waals surface area contributed by atoms with Gasteiger partial charge in [-0.15, -0.1) is 0 Å². The van der Waals surface area contributed by atoms with Gasteiger partial charge in [0.05, 0.1) is 16.3 Å². The highest BCUT2D eigenvalue weighted by Crippen LogP contribution is 2.28. The van der Waals surface area contributed by atoms with Crippen molar-refractivity contribution in [2.45, 2.75) is 4.90 Å². The topological polar surface area (TPSA) is 66.5 Å². The van der Waals surface area contributed by atoms with E-state index in [-0.39, 0.29) is 10.5 Å². The highest BCUT2D eigenvalue weighted by molar-refractivity contribution is 7.90. The number of carbonyl (C=O) groups excluding carboxylic acids is 1. The zero-order valence-corrected chi connectivity index (χ0v) is 14.6. The van der Waals surface area contributed by atoms with E-state index in [9.17, 15) is 13.2 Å². The second kappa shape index (κ2) is 6.60. The van der Waals surface area contributed by atoms with Crippen molar-refractivity contribution < 1.29 is 13.2 Å². The van der Waals surface area contributed by atoms with Crippen LogP contribution in [0.25, 0.3) is 0 Å². The molecule has 7 heteroatoms. The van der Waals surface area contributed by atoms with Crippen LogP contribution < -0.4 is 10.2 Å². The molecule has 0 atom stereocenters. The lowest BCUT2D eigenvalue weighted by atomic mass is 10.2. The third kappa shape index (κ3) is 4.24. The van der Waals surface area contributed by atoms with Crippen LogP contribution in [-0.2, 0) is 9.84 Å². The van der Waals surface area contributed by atoms with Crippen LogP contribution in [0.5, 0.6) is 0 Å². The maximum absolute atomic E-state index is 12.4. The van der Waals surface area contributed by atoms with E-state index in [1.165, 1.54) is 18.2 Å². The second-order valence-electron chi connectivity index (χ2n) is 5.31. The predicted molar refractivity (Wildman–Crippen MR) is 93.3 cm³/mol. The molecule has 0 heterocycles. The first-order valence-corrected chi connectivity index (χ1v) is 9.04. The number of nitrogens with one attached hydrogen (secondary N) is 1. The molecule has 0 aromatic heterocycles. The molecule has 2 aromatic carbocycles. The summed E-state index contributed by atoms with van der Waals surface area (Å²) in [6.45, 7) is 0. The molecule has 1 N–H and O–H groups in total. The van der Waals surface area contributed by atoms with E-state index in [1.807, 2.05) is 19.0 Å². The summed E-state index contributed by atoms with van der Waals surface area (Å²) in [5, 5.41) is 3.26. The van der Waals surface area contributed by atoms with Crippen LogP contribution in [0.3, 0.4) is 0 Å². The van der Waals surface area contributed by atoms with Gasteiger partial charge in [-0.3, -0.25) is 4.79 Å². The van der Waals surface area contributed by atoms with Crippen molar-refractivity contribution in [3.8, 4) is 0 Å². The maximum atomic E-state index is 12.4. The first kappa shape index (κ1) is 17.3. The van der Waals surface area contributed by atoms with Crippen molar-refractivity contribution in [1.29, 1.82) is 0 Å². The molecule has 5 nitrogen and oxygen atoms in total. The van der Waals surface area contributed by atoms with E-state index in [1.54, 1.807) is 24.3 Å². The number of carbonyl (C=O) groups is 1.